The Morgan fingerprint density at radius 3 is 2.48 bits per heavy atom. The molecular formula is C18H22N4O. The maximum Gasteiger partial charge on any atom is 0.274 e. The number of amides is 1. The van der Waals surface area contributed by atoms with Gasteiger partial charge in [0.05, 0.1) is 0 Å². The van der Waals surface area contributed by atoms with Gasteiger partial charge in [-0.2, -0.15) is 0 Å². The van der Waals surface area contributed by atoms with Gasteiger partial charge in [-0.1, -0.05) is 30.5 Å². The van der Waals surface area contributed by atoms with Gasteiger partial charge in [0, 0.05) is 17.4 Å². The van der Waals surface area contributed by atoms with E-state index in [-0.39, 0.29) is 5.91 Å². The minimum atomic E-state index is -0.214. The lowest BCUT2D eigenvalue weighted by molar-refractivity contribution is 0.102. The van der Waals surface area contributed by atoms with E-state index in [0.717, 1.165) is 29.8 Å². The predicted octanol–water partition coefficient (Wildman–Crippen LogP) is 3.70. The number of carbonyl (C=O) groups is 1. The number of nitrogens with zero attached hydrogens (tertiary/aromatic N) is 2. The number of rotatable bonds is 4. The van der Waals surface area contributed by atoms with Gasteiger partial charge in [-0.15, -0.1) is 0 Å². The number of carbonyl (C=O) groups excluding carboxylic acids is 1. The van der Waals surface area contributed by atoms with E-state index in [0.29, 0.717) is 17.7 Å². The fourth-order valence-electron chi connectivity index (χ4n) is 2.83. The van der Waals surface area contributed by atoms with E-state index >= 15 is 0 Å². The van der Waals surface area contributed by atoms with Gasteiger partial charge < -0.3 is 10.6 Å². The number of anilines is 2. The average Bonchev–Trinajstić information content (AvgIpc) is 3.02. The van der Waals surface area contributed by atoms with E-state index < -0.39 is 0 Å². The topological polar surface area (TPSA) is 66.9 Å². The molecule has 2 aromatic rings. The van der Waals surface area contributed by atoms with Gasteiger partial charge in [-0.25, -0.2) is 9.97 Å². The summed E-state index contributed by atoms with van der Waals surface area (Å²) in [5, 5.41) is 6.22. The highest BCUT2D eigenvalue weighted by Crippen LogP contribution is 2.21. The minimum absolute atomic E-state index is 0.214. The summed E-state index contributed by atoms with van der Waals surface area (Å²) in [6, 6.07) is 9.84. The van der Waals surface area contributed by atoms with Crippen LogP contribution in [0.2, 0.25) is 0 Å². The van der Waals surface area contributed by atoms with Crippen molar-refractivity contribution < 1.29 is 4.79 Å². The molecule has 0 saturated heterocycles. The van der Waals surface area contributed by atoms with Gasteiger partial charge in [-0.05, 0) is 44.9 Å². The van der Waals surface area contributed by atoms with E-state index in [2.05, 4.69) is 20.6 Å². The molecule has 1 saturated carbocycles. The van der Waals surface area contributed by atoms with Crippen molar-refractivity contribution in [1.82, 2.24) is 9.97 Å². The summed E-state index contributed by atoms with van der Waals surface area (Å²) in [6.07, 6.45) is 4.76. The van der Waals surface area contributed by atoms with Crippen LogP contribution in [0.1, 0.15) is 47.4 Å². The molecule has 3 rings (SSSR count). The van der Waals surface area contributed by atoms with E-state index in [1.54, 1.807) is 6.07 Å². The molecule has 0 bridgehead atoms. The van der Waals surface area contributed by atoms with Crippen LogP contribution in [-0.2, 0) is 0 Å². The number of hydrogen-bond acceptors (Lipinski definition) is 4. The lowest BCUT2D eigenvalue weighted by Gasteiger charge is -2.13. The van der Waals surface area contributed by atoms with E-state index in [9.17, 15) is 4.79 Å². The van der Waals surface area contributed by atoms with E-state index in [4.69, 9.17) is 0 Å². The Bertz CT molecular complexity index is 691. The number of nitrogens with one attached hydrogen (secondary N) is 2. The summed E-state index contributed by atoms with van der Waals surface area (Å²) in [5.41, 5.74) is 3.10. The molecule has 0 spiro atoms. The molecule has 1 aliphatic carbocycles. The van der Waals surface area contributed by atoms with E-state index in [1.165, 1.54) is 12.8 Å². The first-order chi connectivity index (χ1) is 11.1. The van der Waals surface area contributed by atoms with Crippen LogP contribution < -0.4 is 10.6 Å². The molecular weight excluding hydrogens is 288 g/mol. The molecule has 1 fully saturated rings. The normalized spacial score (nSPS) is 14.7. The summed E-state index contributed by atoms with van der Waals surface area (Å²) in [6.45, 7) is 3.89. The first kappa shape index (κ1) is 15.5. The molecule has 1 aromatic heterocycles. The molecule has 1 aliphatic rings. The fraction of sp³-hybridized carbons (Fsp3) is 0.389. The Morgan fingerprint density at radius 2 is 1.78 bits per heavy atom. The SMILES string of the molecule is Cc1ccc(NC(=O)c2cc(C)nc(NC3CCCC3)n2)cc1. The third-order valence-corrected chi connectivity index (χ3v) is 4.08. The van der Waals surface area contributed by atoms with Crippen molar-refractivity contribution in [2.75, 3.05) is 10.6 Å². The average molecular weight is 310 g/mol. The van der Waals surface area contributed by atoms with Crippen LogP contribution in [0.5, 0.6) is 0 Å². The van der Waals surface area contributed by atoms with Crippen molar-refractivity contribution in [1.29, 1.82) is 0 Å². The van der Waals surface area contributed by atoms with Gasteiger partial charge >= 0.3 is 0 Å². The first-order valence-electron chi connectivity index (χ1n) is 8.10. The third-order valence-electron chi connectivity index (χ3n) is 4.08. The summed E-state index contributed by atoms with van der Waals surface area (Å²) >= 11 is 0. The molecule has 0 unspecified atom stereocenters. The van der Waals surface area contributed by atoms with Crippen molar-refractivity contribution in [2.24, 2.45) is 0 Å². The Kier molecular flexibility index (Phi) is 4.55. The van der Waals surface area contributed by atoms with Crippen LogP contribution in [0.15, 0.2) is 30.3 Å². The molecule has 5 nitrogen and oxygen atoms in total. The van der Waals surface area contributed by atoms with Gasteiger partial charge in [-0.3, -0.25) is 4.79 Å². The summed E-state index contributed by atoms with van der Waals surface area (Å²) < 4.78 is 0. The minimum Gasteiger partial charge on any atom is -0.351 e. The van der Waals surface area contributed by atoms with Gasteiger partial charge in [0.25, 0.3) is 5.91 Å². The molecule has 23 heavy (non-hydrogen) atoms. The zero-order chi connectivity index (χ0) is 16.2. The monoisotopic (exact) mass is 310 g/mol. The second-order valence-corrected chi connectivity index (χ2v) is 6.16. The molecule has 0 aliphatic heterocycles. The Hall–Kier alpha value is -2.43. The standard InChI is InChI=1S/C18H22N4O/c1-12-7-9-15(10-8-12)20-17(23)16-11-13(2)19-18(22-16)21-14-5-3-4-6-14/h7-11,14H,3-6H2,1-2H3,(H,20,23)(H,19,21,22). The highest BCUT2D eigenvalue weighted by Gasteiger charge is 2.17. The second kappa shape index (κ2) is 6.77. The second-order valence-electron chi connectivity index (χ2n) is 6.16. The van der Waals surface area contributed by atoms with Crippen LogP contribution in [0.4, 0.5) is 11.6 Å². The van der Waals surface area contributed by atoms with Crippen molar-refractivity contribution in [2.45, 2.75) is 45.6 Å². The number of aryl methyl sites for hydroxylation is 2. The summed E-state index contributed by atoms with van der Waals surface area (Å²) in [5.74, 6) is 0.333. The quantitative estimate of drug-likeness (QED) is 0.903. The smallest absolute Gasteiger partial charge is 0.274 e. The van der Waals surface area contributed by atoms with Gasteiger partial charge in [0.15, 0.2) is 0 Å². The molecule has 1 amide bonds. The van der Waals surface area contributed by atoms with Crippen molar-refractivity contribution in [3.05, 3.63) is 47.3 Å². The number of benzene rings is 1. The maximum absolute atomic E-state index is 12.4. The molecule has 1 heterocycles. The van der Waals surface area contributed by atoms with Crippen LogP contribution >= 0.6 is 0 Å². The molecule has 120 valence electrons. The Labute approximate surface area is 136 Å². The zero-order valence-electron chi connectivity index (χ0n) is 13.6. The lowest BCUT2D eigenvalue weighted by Crippen LogP contribution is -2.20. The molecule has 0 atom stereocenters. The van der Waals surface area contributed by atoms with Crippen LogP contribution in [-0.4, -0.2) is 21.9 Å². The number of hydrogen-bond donors (Lipinski definition) is 2. The zero-order valence-corrected chi connectivity index (χ0v) is 13.6. The predicted molar refractivity (Wildman–Crippen MR) is 91.8 cm³/mol. The number of aromatic nitrogens is 2. The summed E-state index contributed by atoms with van der Waals surface area (Å²) in [7, 11) is 0. The van der Waals surface area contributed by atoms with Crippen LogP contribution in [0, 0.1) is 13.8 Å². The van der Waals surface area contributed by atoms with Crippen LogP contribution in [0.3, 0.4) is 0 Å². The van der Waals surface area contributed by atoms with Crippen molar-refractivity contribution >= 4 is 17.5 Å². The Balaban J connectivity index is 1.74. The summed E-state index contributed by atoms with van der Waals surface area (Å²) in [4.78, 5) is 21.2. The molecule has 2 N–H and O–H groups in total. The van der Waals surface area contributed by atoms with Crippen LogP contribution in [0.25, 0.3) is 0 Å². The van der Waals surface area contributed by atoms with Gasteiger partial charge in [0.2, 0.25) is 5.95 Å². The molecule has 1 aromatic carbocycles. The maximum atomic E-state index is 12.4. The highest BCUT2D eigenvalue weighted by molar-refractivity contribution is 6.03. The largest absolute Gasteiger partial charge is 0.351 e. The van der Waals surface area contributed by atoms with Gasteiger partial charge in [0.1, 0.15) is 5.69 Å². The Morgan fingerprint density at radius 1 is 1.09 bits per heavy atom. The van der Waals surface area contributed by atoms with Crippen molar-refractivity contribution in [3.8, 4) is 0 Å². The lowest BCUT2D eigenvalue weighted by atomic mass is 10.2. The fourth-order valence-corrected chi connectivity index (χ4v) is 2.83. The van der Waals surface area contributed by atoms with E-state index in [1.807, 2.05) is 38.1 Å². The highest BCUT2D eigenvalue weighted by atomic mass is 16.1. The molecule has 5 heteroatoms. The van der Waals surface area contributed by atoms with Crippen molar-refractivity contribution in [3.63, 3.8) is 0 Å². The first-order valence-corrected chi connectivity index (χ1v) is 8.10. The third kappa shape index (κ3) is 4.06. The molecule has 0 radical (unpaired) electrons.